The van der Waals surface area contributed by atoms with Crippen LogP contribution in [-0.4, -0.2) is 48.2 Å². The molecule has 1 saturated heterocycles. The summed E-state index contributed by atoms with van der Waals surface area (Å²) in [6, 6.07) is 2.18. The van der Waals surface area contributed by atoms with Gasteiger partial charge >= 0.3 is 0 Å². The Morgan fingerprint density at radius 3 is 2.77 bits per heavy atom. The molecule has 0 atom stereocenters. The van der Waals surface area contributed by atoms with Crippen molar-refractivity contribution in [2.24, 2.45) is 0 Å². The molecule has 1 aliphatic rings. The van der Waals surface area contributed by atoms with E-state index in [-0.39, 0.29) is 0 Å². The summed E-state index contributed by atoms with van der Waals surface area (Å²) in [6.45, 7) is 9.49. The van der Waals surface area contributed by atoms with Crippen molar-refractivity contribution in [3.05, 3.63) is 38.7 Å². The van der Waals surface area contributed by atoms with Gasteiger partial charge in [0.1, 0.15) is 16.5 Å². The van der Waals surface area contributed by atoms with Gasteiger partial charge in [-0.15, -0.1) is 11.3 Å². The highest BCUT2D eigenvalue weighted by atomic mass is 32.1. The van der Waals surface area contributed by atoms with E-state index in [0.717, 1.165) is 55.9 Å². The van der Waals surface area contributed by atoms with Crippen molar-refractivity contribution in [2.45, 2.75) is 26.9 Å². The first-order valence-electron chi connectivity index (χ1n) is 8.90. The van der Waals surface area contributed by atoms with Crippen LogP contribution in [0.4, 0.5) is 5.82 Å². The van der Waals surface area contributed by atoms with Crippen LogP contribution in [0.1, 0.15) is 21.8 Å². The maximum Gasteiger partial charge on any atom is 0.146 e. The predicted molar refractivity (Wildman–Crippen MR) is 109 cm³/mol. The molecule has 0 saturated carbocycles. The van der Waals surface area contributed by atoms with Crippen LogP contribution in [0.3, 0.4) is 0 Å². The van der Waals surface area contributed by atoms with Crippen LogP contribution in [0.5, 0.6) is 0 Å². The molecule has 0 bridgehead atoms. The molecule has 1 fully saturated rings. The van der Waals surface area contributed by atoms with Gasteiger partial charge in [0.15, 0.2) is 0 Å². The fourth-order valence-corrected chi connectivity index (χ4v) is 5.01. The highest BCUT2D eigenvalue weighted by Crippen LogP contribution is 2.35. The van der Waals surface area contributed by atoms with E-state index in [2.05, 4.69) is 47.5 Å². The Morgan fingerprint density at radius 1 is 1.23 bits per heavy atom. The van der Waals surface area contributed by atoms with Gasteiger partial charge in [0.05, 0.1) is 25.1 Å². The second-order valence-electron chi connectivity index (χ2n) is 6.80. The Labute approximate surface area is 162 Å². The molecule has 0 radical (unpaired) electrons. The van der Waals surface area contributed by atoms with Crippen LogP contribution < -0.4 is 4.90 Å². The maximum absolute atomic E-state index is 5.46. The fourth-order valence-electron chi connectivity index (χ4n) is 3.31. The van der Waals surface area contributed by atoms with Crippen molar-refractivity contribution in [3.8, 4) is 0 Å². The fraction of sp³-hybridized carbons (Fsp3) is 0.474. The summed E-state index contributed by atoms with van der Waals surface area (Å²) in [4.78, 5) is 16.9. The highest BCUT2D eigenvalue weighted by molar-refractivity contribution is 7.18. The zero-order valence-electron chi connectivity index (χ0n) is 15.5. The summed E-state index contributed by atoms with van der Waals surface area (Å²) in [6.07, 6.45) is 0. The lowest BCUT2D eigenvalue weighted by atomic mass is 10.2. The van der Waals surface area contributed by atoms with Crippen LogP contribution >= 0.6 is 22.7 Å². The molecular weight excluding hydrogens is 364 g/mol. The second-order valence-corrected chi connectivity index (χ2v) is 8.79. The van der Waals surface area contributed by atoms with E-state index in [4.69, 9.17) is 14.7 Å². The van der Waals surface area contributed by atoms with Gasteiger partial charge in [0.2, 0.25) is 0 Å². The largest absolute Gasteiger partial charge is 0.379 e. The zero-order chi connectivity index (χ0) is 18.1. The van der Waals surface area contributed by atoms with E-state index in [1.807, 2.05) is 0 Å². The lowest BCUT2D eigenvalue weighted by molar-refractivity contribution is 0.0331. The van der Waals surface area contributed by atoms with Crippen LogP contribution in [-0.2, 0) is 17.8 Å². The van der Waals surface area contributed by atoms with E-state index in [1.54, 1.807) is 22.7 Å². The molecule has 1 aliphatic heterocycles. The minimum atomic E-state index is 0.786. The third kappa shape index (κ3) is 3.62. The molecule has 0 aromatic carbocycles. The Hall–Kier alpha value is -1.54. The molecule has 0 N–H and O–H groups in total. The van der Waals surface area contributed by atoms with Gasteiger partial charge in [-0.2, -0.15) is 11.3 Å². The molecule has 138 valence electrons. The number of thiophene rings is 2. The molecule has 0 spiro atoms. The number of hydrogen-bond donors (Lipinski definition) is 0. The van der Waals surface area contributed by atoms with Gasteiger partial charge in [-0.1, -0.05) is 0 Å². The normalized spacial score (nSPS) is 15.7. The van der Waals surface area contributed by atoms with Gasteiger partial charge in [-0.05, 0) is 41.8 Å². The van der Waals surface area contributed by atoms with Crippen molar-refractivity contribution in [2.75, 3.05) is 38.3 Å². The lowest BCUT2D eigenvalue weighted by Gasteiger charge is -2.26. The standard InChI is InChI=1S/C19H24N4OS2/c1-13-14(2)26-19-17(13)18(22(3)10-15-4-9-25-12-15)20-16(21-19)11-23-5-7-24-8-6-23/h4,9,12H,5-8,10-11H2,1-3H3. The predicted octanol–water partition coefficient (Wildman–Crippen LogP) is 3.84. The quantitative estimate of drug-likeness (QED) is 0.664. The highest BCUT2D eigenvalue weighted by Gasteiger charge is 2.19. The number of fused-ring (bicyclic) bond motifs is 1. The molecule has 3 aromatic rings. The van der Waals surface area contributed by atoms with Crippen molar-refractivity contribution >= 4 is 38.7 Å². The third-order valence-electron chi connectivity index (χ3n) is 4.89. The Kier molecular flexibility index (Phi) is 5.22. The molecule has 7 heteroatoms. The molecule has 26 heavy (non-hydrogen) atoms. The third-order valence-corrected chi connectivity index (χ3v) is 6.72. The van der Waals surface area contributed by atoms with Crippen molar-refractivity contribution in [3.63, 3.8) is 0 Å². The molecule has 0 amide bonds. The smallest absolute Gasteiger partial charge is 0.146 e. The molecule has 0 aliphatic carbocycles. The van der Waals surface area contributed by atoms with Crippen molar-refractivity contribution < 1.29 is 4.74 Å². The topological polar surface area (TPSA) is 41.5 Å². The van der Waals surface area contributed by atoms with Gasteiger partial charge < -0.3 is 9.64 Å². The summed E-state index contributed by atoms with van der Waals surface area (Å²) >= 11 is 3.51. The summed E-state index contributed by atoms with van der Waals surface area (Å²) in [7, 11) is 2.13. The van der Waals surface area contributed by atoms with Gasteiger partial charge in [0, 0.05) is 31.6 Å². The monoisotopic (exact) mass is 388 g/mol. The lowest BCUT2D eigenvalue weighted by Crippen LogP contribution is -2.36. The summed E-state index contributed by atoms with van der Waals surface area (Å²) in [5.74, 6) is 1.96. The first-order valence-corrected chi connectivity index (χ1v) is 10.7. The first kappa shape index (κ1) is 17.9. The van der Waals surface area contributed by atoms with Crippen LogP contribution in [0.25, 0.3) is 10.2 Å². The van der Waals surface area contributed by atoms with Crippen LogP contribution in [0, 0.1) is 13.8 Å². The SMILES string of the molecule is Cc1sc2nc(CN3CCOCC3)nc(N(C)Cc3ccsc3)c2c1C. The van der Waals surface area contributed by atoms with Gasteiger partial charge in [-0.3, -0.25) is 4.90 Å². The van der Waals surface area contributed by atoms with Crippen molar-refractivity contribution in [1.29, 1.82) is 0 Å². The summed E-state index contributed by atoms with van der Waals surface area (Å²) in [5, 5.41) is 5.54. The molecule has 3 aromatic heterocycles. The first-order chi connectivity index (χ1) is 12.6. The van der Waals surface area contributed by atoms with E-state index in [0.29, 0.717) is 0 Å². The molecule has 0 unspecified atom stereocenters. The van der Waals surface area contributed by atoms with Crippen LogP contribution in [0.2, 0.25) is 0 Å². The van der Waals surface area contributed by atoms with Crippen LogP contribution in [0.15, 0.2) is 16.8 Å². The second kappa shape index (κ2) is 7.60. The molecular formula is C19H24N4OS2. The van der Waals surface area contributed by atoms with E-state index < -0.39 is 0 Å². The van der Waals surface area contributed by atoms with E-state index in [9.17, 15) is 0 Å². The van der Waals surface area contributed by atoms with E-state index >= 15 is 0 Å². The van der Waals surface area contributed by atoms with Gasteiger partial charge in [0.25, 0.3) is 0 Å². The average molecular weight is 389 g/mol. The Bertz CT molecular complexity index is 885. The molecule has 4 heterocycles. The number of aromatic nitrogens is 2. The number of aryl methyl sites for hydroxylation is 2. The number of rotatable bonds is 5. The number of nitrogens with zero attached hydrogens (tertiary/aromatic N) is 4. The number of ether oxygens (including phenoxy) is 1. The van der Waals surface area contributed by atoms with Crippen molar-refractivity contribution in [1.82, 2.24) is 14.9 Å². The number of hydrogen-bond acceptors (Lipinski definition) is 7. The minimum Gasteiger partial charge on any atom is -0.379 e. The Balaban J connectivity index is 1.70. The average Bonchev–Trinajstić information content (AvgIpc) is 3.24. The minimum absolute atomic E-state index is 0.786. The maximum atomic E-state index is 5.46. The zero-order valence-corrected chi connectivity index (χ0v) is 17.1. The summed E-state index contributed by atoms with van der Waals surface area (Å²) < 4.78 is 5.46. The summed E-state index contributed by atoms with van der Waals surface area (Å²) in [5.41, 5.74) is 2.62. The Morgan fingerprint density at radius 2 is 2.04 bits per heavy atom. The van der Waals surface area contributed by atoms with E-state index in [1.165, 1.54) is 21.4 Å². The van der Waals surface area contributed by atoms with Gasteiger partial charge in [-0.25, -0.2) is 9.97 Å². The number of morpholine rings is 1. The molecule has 4 rings (SSSR count). The molecule has 5 nitrogen and oxygen atoms in total. The number of anilines is 1.